The van der Waals surface area contributed by atoms with Crippen molar-refractivity contribution < 1.29 is 14.3 Å². The maximum Gasteiger partial charge on any atom is 0.246 e. The Morgan fingerprint density at radius 1 is 0.931 bits per heavy atom. The zero-order valence-corrected chi connectivity index (χ0v) is 17.9. The van der Waals surface area contributed by atoms with Crippen LogP contribution >= 0.6 is 0 Å². The van der Waals surface area contributed by atoms with Crippen LogP contribution < -0.4 is 0 Å². The van der Waals surface area contributed by atoms with E-state index in [1.807, 2.05) is 28.0 Å². The monoisotopic (exact) mass is 399 g/mol. The highest BCUT2D eigenvalue weighted by Crippen LogP contribution is 2.22. The van der Waals surface area contributed by atoms with Crippen LogP contribution in [0, 0.1) is 0 Å². The maximum atomic E-state index is 12.5. The lowest BCUT2D eigenvalue weighted by Gasteiger charge is -2.36. The van der Waals surface area contributed by atoms with E-state index < -0.39 is 0 Å². The highest BCUT2D eigenvalue weighted by Gasteiger charge is 2.24. The third kappa shape index (κ3) is 6.15. The molecular formula is C23H33N3O3. The van der Waals surface area contributed by atoms with Crippen molar-refractivity contribution in [3.05, 3.63) is 41.5 Å². The Morgan fingerprint density at radius 3 is 2.10 bits per heavy atom. The SMILES string of the molecule is CC(C)(C)c1ccc(/C=C/C(=O)N2CCN(C(=O)CN3CCOCC3)CC2)cc1. The van der Waals surface area contributed by atoms with Crippen molar-refractivity contribution in [1.82, 2.24) is 14.7 Å². The minimum atomic E-state index is 0.00479. The van der Waals surface area contributed by atoms with Crippen molar-refractivity contribution in [1.29, 1.82) is 0 Å². The zero-order valence-electron chi connectivity index (χ0n) is 17.9. The van der Waals surface area contributed by atoms with Gasteiger partial charge in [-0.2, -0.15) is 0 Å². The molecule has 0 aliphatic carbocycles. The molecule has 158 valence electrons. The fourth-order valence-corrected chi connectivity index (χ4v) is 3.59. The molecule has 0 radical (unpaired) electrons. The van der Waals surface area contributed by atoms with Crippen LogP contribution in [0.15, 0.2) is 30.3 Å². The molecule has 2 saturated heterocycles. The number of ether oxygens (including phenoxy) is 1. The van der Waals surface area contributed by atoms with E-state index >= 15 is 0 Å². The summed E-state index contributed by atoms with van der Waals surface area (Å²) in [7, 11) is 0. The summed E-state index contributed by atoms with van der Waals surface area (Å²) in [5.41, 5.74) is 2.42. The van der Waals surface area contributed by atoms with Crippen LogP contribution in [0.1, 0.15) is 31.9 Å². The van der Waals surface area contributed by atoms with Gasteiger partial charge in [-0.3, -0.25) is 14.5 Å². The molecule has 2 amide bonds. The summed E-state index contributed by atoms with van der Waals surface area (Å²) in [5, 5.41) is 0. The van der Waals surface area contributed by atoms with Gasteiger partial charge >= 0.3 is 0 Å². The van der Waals surface area contributed by atoms with Gasteiger partial charge in [0, 0.05) is 45.3 Å². The Labute approximate surface area is 174 Å². The van der Waals surface area contributed by atoms with Gasteiger partial charge in [-0.25, -0.2) is 0 Å². The van der Waals surface area contributed by atoms with Crippen LogP contribution in [0.4, 0.5) is 0 Å². The number of piperazine rings is 1. The summed E-state index contributed by atoms with van der Waals surface area (Å²) in [6, 6.07) is 8.32. The van der Waals surface area contributed by atoms with Gasteiger partial charge in [-0.15, -0.1) is 0 Å². The van der Waals surface area contributed by atoms with E-state index in [1.165, 1.54) is 5.56 Å². The quantitative estimate of drug-likeness (QED) is 0.727. The molecule has 6 heteroatoms. The van der Waals surface area contributed by atoms with E-state index in [0.29, 0.717) is 45.9 Å². The van der Waals surface area contributed by atoms with E-state index in [2.05, 4.69) is 37.8 Å². The molecule has 6 nitrogen and oxygen atoms in total. The Hall–Kier alpha value is -2.18. The largest absolute Gasteiger partial charge is 0.379 e. The summed E-state index contributed by atoms with van der Waals surface area (Å²) in [5.74, 6) is 0.152. The minimum Gasteiger partial charge on any atom is -0.379 e. The second-order valence-electron chi connectivity index (χ2n) is 8.80. The number of morpholine rings is 1. The number of amides is 2. The number of carbonyl (C=O) groups is 2. The Morgan fingerprint density at radius 2 is 1.52 bits per heavy atom. The lowest BCUT2D eigenvalue weighted by atomic mass is 9.87. The molecule has 0 atom stereocenters. The highest BCUT2D eigenvalue weighted by atomic mass is 16.5. The van der Waals surface area contributed by atoms with Gasteiger partial charge in [0.15, 0.2) is 0 Å². The molecule has 0 bridgehead atoms. The summed E-state index contributed by atoms with van der Waals surface area (Å²) in [6.07, 6.45) is 3.50. The minimum absolute atomic E-state index is 0.00479. The third-order valence-electron chi connectivity index (χ3n) is 5.60. The molecule has 0 spiro atoms. The van der Waals surface area contributed by atoms with Crippen LogP contribution in [0.25, 0.3) is 6.08 Å². The van der Waals surface area contributed by atoms with Crippen LogP contribution in [-0.4, -0.2) is 85.5 Å². The van der Waals surface area contributed by atoms with E-state index in [1.54, 1.807) is 6.08 Å². The van der Waals surface area contributed by atoms with E-state index in [0.717, 1.165) is 18.7 Å². The smallest absolute Gasteiger partial charge is 0.246 e. The van der Waals surface area contributed by atoms with Crippen LogP contribution in [0.2, 0.25) is 0 Å². The van der Waals surface area contributed by atoms with Crippen molar-refractivity contribution in [2.45, 2.75) is 26.2 Å². The molecule has 1 aromatic carbocycles. The number of nitrogens with zero attached hydrogens (tertiary/aromatic N) is 3. The first-order valence-corrected chi connectivity index (χ1v) is 10.5. The second-order valence-corrected chi connectivity index (χ2v) is 8.80. The Balaban J connectivity index is 1.45. The van der Waals surface area contributed by atoms with Gasteiger partial charge < -0.3 is 14.5 Å². The van der Waals surface area contributed by atoms with Gasteiger partial charge in [0.25, 0.3) is 0 Å². The van der Waals surface area contributed by atoms with Crippen LogP contribution in [0.5, 0.6) is 0 Å². The highest BCUT2D eigenvalue weighted by molar-refractivity contribution is 5.92. The zero-order chi connectivity index (χ0) is 20.9. The number of carbonyl (C=O) groups excluding carboxylic acids is 2. The predicted molar refractivity (Wildman–Crippen MR) is 115 cm³/mol. The first-order valence-electron chi connectivity index (χ1n) is 10.5. The van der Waals surface area contributed by atoms with Gasteiger partial charge in [0.2, 0.25) is 11.8 Å². The second kappa shape index (κ2) is 9.55. The molecule has 0 aromatic heterocycles. The van der Waals surface area contributed by atoms with E-state index in [9.17, 15) is 9.59 Å². The van der Waals surface area contributed by atoms with E-state index in [4.69, 9.17) is 4.74 Å². The lowest BCUT2D eigenvalue weighted by Crippen LogP contribution is -2.53. The predicted octanol–water partition coefficient (Wildman–Crippen LogP) is 2.00. The standard InChI is InChI=1S/C23H33N3O3/c1-23(2,3)20-7-4-19(5-8-20)6-9-21(27)25-10-12-26(13-11-25)22(28)18-24-14-16-29-17-15-24/h4-9H,10-18H2,1-3H3/b9-6+. The van der Waals surface area contributed by atoms with Crippen LogP contribution in [0.3, 0.4) is 0 Å². The van der Waals surface area contributed by atoms with Crippen LogP contribution in [-0.2, 0) is 19.7 Å². The van der Waals surface area contributed by atoms with Gasteiger partial charge in [0.1, 0.15) is 0 Å². The fraction of sp³-hybridized carbons (Fsp3) is 0.565. The number of rotatable bonds is 4. The summed E-state index contributed by atoms with van der Waals surface area (Å²) < 4.78 is 5.33. The lowest BCUT2D eigenvalue weighted by molar-refractivity contribution is -0.138. The normalized spacial score (nSPS) is 19.0. The molecule has 0 saturated carbocycles. The molecule has 0 N–H and O–H groups in total. The number of hydrogen-bond acceptors (Lipinski definition) is 4. The summed E-state index contributed by atoms with van der Waals surface area (Å²) in [4.78, 5) is 30.8. The van der Waals surface area contributed by atoms with Crippen molar-refractivity contribution >= 4 is 17.9 Å². The van der Waals surface area contributed by atoms with Gasteiger partial charge in [0.05, 0.1) is 19.8 Å². The number of hydrogen-bond donors (Lipinski definition) is 0. The fourth-order valence-electron chi connectivity index (χ4n) is 3.59. The molecule has 2 aliphatic heterocycles. The third-order valence-corrected chi connectivity index (χ3v) is 5.60. The van der Waals surface area contributed by atoms with E-state index in [-0.39, 0.29) is 17.2 Å². The number of benzene rings is 1. The maximum absolute atomic E-state index is 12.5. The molecule has 2 aliphatic rings. The summed E-state index contributed by atoms with van der Waals surface area (Å²) >= 11 is 0. The Bertz CT molecular complexity index is 723. The first kappa shape index (κ1) is 21.5. The topological polar surface area (TPSA) is 53.1 Å². The molecule has 0 unspecified atom stereocenters. The van der Waals surface area contributed by atoms with Crippen molar-refractivity contribution in [3.63, 3.8) is 0 Å². The van der Waals surface area contributed by atoms with Gasteiger partial charge in [-0.1, -0.05) is 45.0 Å². The van der Waals surface area contributed by atoms with Crippen molar-refractivity contribution in [2.24, 2.45) is 0 Å². The average Bonchev–Trinajstić information content (AvgIpc) is 2.72. The summed E-state index contributed by atoms with van der Waals surface area (Å²) in [6.45, 7) is 12.4. The van der Waals surface area contributed by atoms with Crippen molar-refractivity contribution in [2.75, 3.05) is 59.0 Å². The molecule has 1 aromatic rings. The van der Waals surface area contributed by atoms with Gasteiger partial charge in [-0.05, 0) is 22.6 Å². The molecule has 2 heterocycles. The molecule has 2 fully saturated rings. The first-order chi connectivity index (χ1) is 13.8. The van der Waals surface area contributed by atoms with Crippen molar-refractivity contribution in [3.8, 4) is 0 Å². The molecule has 29 heavy (non-hydrogen) atoms. The molecular weight excluding hydrogens is 366 g/mol. The molecule has 3 rings (SSSR count). The Kier molecular flexibility index (Phi) is 7.09. The average molecular weight is 400 g/mol.